The van der Waals surface area contributed by atoms with Crippen molar-refractivity contribution < 1.29 is 14.7 Å². The first-order valence-electron chi connectivity index (χ1n) is 7.53. The Balaban J connectivity index is 1.74. The van der Waals surface area contributed by atoms with Crippen molar-refractivity contribution in [2.75, 3.05) is 13.1 Å². The predicted molar refractivity (Wildman–Crippen MR) is 86.4 cm³/mol. The molecule has 6 nitrogen and oxygen atoms in total. The van der Waals surface area contributed by atoms with Gasteiger partial charge in [-0.2, -0.15) is 0 Å². The highest BCUT2D eigenvalue weighted by Crippen LogP contribution is 2.30. The average molecular weight is 336 g/mol. The van der Waals surface area contributed by atoms with E-state index in [0.717, 1.165) is 11.0 Å². The van der Waals surface area contributed by atoms with Crippen LogP contribution in [0.25, 0.3) is 11.0 Å². The van der Waals surface area contributed by atoms with Crippen LogP contribution in [-0.2, 0) is 16.0 Å². The quantitative estimate of drug-likeness (QED) is 0.902. The summed E-state index contributed by atoms with van der Waals surface area (Å²) in [5.41, 5.74) is 0.676. The van der Waals surface area contributed by atoms with Gasteiger partial charge in [-0.25, -0.2) is 4.98 Å². The lowest BCUT2D eigenvalue weighted by Gasteiger charge is -2.37. The number of H-pyrrole nitrogens is 1. The molecule has 0 radical (unpaired) electrons. The van der Waals surface area contributed by atoms with Crippen molar-refractivity contribution in [1.82, 2.24) is 14.9 Å². The van der Waals surface area contributed by atoms with Crippen LogP contribution in [0.2, 0.25) is 5.02 Å². The van der Waals surface area contributed by atoms with Gasteiger partial charge in [-0.15, -0.1) is 0 Å². The lowest BCUT2D eigenvalue weighted by Crippen LogP contribution is -2.48. The molecule has 0 unspecified atom stereocenters. The van der Waals surface area contributed by atoms with Crippen molar-refractivity contribution >= 4 is 34.5 Å². The van der Waals surface area contributed by atoms with Crippen LogP contribution in [0, 0.1) is 5.41 Å². The van der Waals surface area contributed by atoms with Gasteiger partial charge < -0.3 is 15.0 Å². The SMILES string of the molecule is C[C@@]1(C(=O)O)CCCN(C(=O)Cc2nc3ccc(Cl)cc3[nH]2)C1. The fourth-order valence-electron chi connectivity index (χ4n) is 3.00. The molecule has 1 aliphatic heterocycles. The number of carboxylic acid groups (broad SMARTS) is 1. The summed E-state index contributed by atoms with van der Waals surface area (Å²) in [6.45, 7) is 2.53. The Morgan fingerprint density at radius 1 is 1.48 bits per heavy atom. The minimum atomic E-state index is -0.866. The molecule has 1 aromatic carbocycles. The summed E-state index contributed by atoms with van der Waals surface area (Å²) < 4.78 is 0. The van der Waals surface area contributed by atoms with E-state index in [1.54, 1.807) is 30.0 Å². The number of rotatable bonds is 3. The zero-order valence-corrected chi connectivity index (χ0v) is 13.6. The van der Waals surface area contributed by atoms with Crippen LogP contribution < -0.4 is 0 Å². The zero-order chi connectivity index (χ0) is 16.6. The van der Waals surface area contributed by atoms with Crippen molar-refractivity contribution in [2.24, 2.45) is 5.41 Å². The molecule has 1 fully saturated rings. The number of fused-ring (bicyclic) bond motifs is 1. The highest BCUT2D eigenvalue weighted by molar-refractivity contribution is 6.31. The number of imidazole rings is 1. The Kier molecular flexibility index (Phi) is 4.02. The first-order valence-corrected chi connectivity index (χ1v) is 7.90. The Morgan fingerprint density at radius 3 is 3.00 bits per heavy atom. The number of piperidine rings is 1. The summed E-state index contributed by atoms with van der Waals surface area (Å²) in [5, 5.41) is 9.94. The smallest absolute Gasteiger partial charge is 0.311 e. The average Bonchev–Trinajstić information content (AvgIpc) is 2.88. The van der Waals surface area contributed by atoms with Crippen LogP contribution in [-0.4, -0.2) is 44.9 Å². The third-order valence-electron chi connectivity index (χ3n) is 4.38. The molecule has 2 heterocycles. The van der Waals surface area contributed by atoms with E-state index in [1.807, 2.05) is 0 Å². The minimum Gasteiger partial charge on any atom is -0.481 e. The number of aliphatic carboxylic acids is 1. The fourth-order valence-corrected chi connectivity index (χ4v) is 3.17. The van der Waals surface area contributed by atoms with E-state index in [9.17, 15) is 14.7 Å². The fraction of sp³-hybridized carbons (Fsp3) is 0.438. The summed E-state index contributed by atoms with van der Waals surface area (Å²) in [5.74, 6) is -0.398. The number of carbonyl (C=O) groups is 2. The Morgan fingerprint density at radius 2 is 2.26 bits per heavy atom. The van der Waals surface area contributed by atoms with E-state index in [2.05, 4.69) is 9.97 Å². The highest BCUT2D eigenvalue weighted by atomic mass is 35.5. The number of benzene rings is 1. The topological polar surface area (TPSA) is 86.3 Å². The molecule has 122 valence electrons. The van der Waals surface area contributed by atoms with Crippen LogP contribution >= 0.6 is 11.6 Å². The molecule has 1 amide bonds. The van der Waals surface area contributed by atoms with Crippen molar-refractivity contribution in [3.63, 3.8) is 0 Å². The zero-order valence-electron chi connectivity index (χ0n) is 12.8. The Labute approximate surface area is 138 Å². The molecule has 3 rings (SSSR count). The van der Waals surface area contributed by atoms with E-state index in [0.29, 0.717) is 30.2 Å². The number of carbonyl (C=O) groups excluding carboxylic acids is 1. The molecule has 0 saturated carbocycles. The first kappa shape index (κ1) is 15.8. The van der Waals surface area contributed by atoms with Gasteiger partial charge in [0.25, 0.3) is 0 Å². The Bertz CT molecular complexity index is 773. The molecule has 0 spiro atoms. The van der Waals surface area contributed by atoms with Gasteiger partial charge in [0, 0.05) is 18.1 Å². The summed E-state index contributed by atoms with van der Waals surface area (Å²) in [4.78, 5) is 32.9. The van der Waals surface area contributed by atoms with Crippen LogP contribution in [0.15, 0.2) is 18.2 Å². The van der Waals surface area contributed by atoms with Gasteiger partial charge in [0.2, 0.25) is 5.91 Å². The molecule has 0 aliphatic carbocycles. The summed E-state index contributed by atoms with van der Waals surface area (Å²) >= 11 is 5.94. The maximum absolute atomic E-state index is 12.5. The number of nitrogens with zero attached hydrogens (tertiary/aromatic N) is 2. The normalized spacial score (nSPS) is 21.6. The van der Waals surface area contributed by atoms with Crippen LogP contribution in [0.5, 0.6) is 0 Å². The number of likely N-dealkylation sites (tertiary alicyclic amines) is 1. The molecule has 1 saturated heterocycles. The van der Waals surface area contributed by atoms with Gasteiger partial charge >= 0.3 is 5.97 Å². The molecule has 23 heavy (non-hydrogen) atoms. The molecule has 0 bridgehead atoms. The molecule has 7 heteroatoms. The van der Waals surface area contributed by atoms with Gasteiger partial charge in [-0.1, -0.05) is 11.6 Å². The molecule has 1 atom stereocenters. The number of amides is 1. The standard InChI is InChI=1S/C16H18ClN3O3/c1-16(15(22)23)5-2-6-20(9-16)14(21)8-13-18-11-4-3-10(17)7-12(11)19-13/h3-4,7H,2,5-6,8-9H2,1H3,(H,18,19)(H,22,23)/t16-/m1/s1. The van der Waals surface area contributed by atoms with Gasteiger partial charge in [0.1, 0.15) is 5.82 Å². The third kappa shape index (κ3) is 3.17. The van der Waals surface area contributed by atoms with E-state index < -0.39 is 11.4 Å². The largest absolute Gasteiger partial charge is 0.481 e. The summed E-state index contributed by atoms with van der Waals surface area (Å²) in [6.07, 6.45) is 1.42. The van der Waals surface area contributed by atoms with E-state index in [1.165, 1.54) is 0 Å². The predicted octanol–water partition coefficient (Wildman–Crippen LogP) is 2.47. The molecular weight excluding hydrogens is 318 g/mol. The van der Waals surface area contributed by atoms with E-state index in [4.69, 9.17) is 11.6 Å². The molecular formula is C16H18ClN3O3. The van der Waals surface area contributed by atoms with Crippen molar-refractivity contribution in [3.05, 3.63) is 29.0 Å². The van der Waals surface area contributed by atoms with Crippen molar-refractivity contribution in [1.29, 1.82) is 0 Å². The van der Waals surface area contributed by atoms with E-state index >= 15 is 0 Å². The summed E-state index contributed by atoms with van der Waals surface area (Å²) in [7, 11) is 0. The molecule has 1 aliphatic rings. The van der Waals surface area contributed by atoms with Crippen molar-refractivity contribution in [3.8, 4) is 0 Å². The number of hydrogen-bond donors (Lipinski definition) is 2. The van der Waals surface area contributed by atoms with Crippen LogP contribution in [0.4, 0.5) is 0 Å². The number of halogens is 1. The van der Waals surface area contributed by atoms with E-state index in [-0.39, 0.29) is 18.9 Å². The van der Waals surface area contributed by atoms with Crippen molar-refractivity contribution in [2.45, 2.75) is 26.2 Å². The monoisotopic (exact) mass is 335 g/mol. The first-order chi connectivity index (χ1) is 10.9. The lowest BCUT2D eigenvalue weighted by molar-refractivity contribution is -0.153. The lowest BCUT2D eigenvalue weighted by atomic mass is 9.82. The number of aromatic nitrogens is 2. The highest BCUT2D eigenvalue weighted by Gasteiger charge is 2.39. The Hall–Kier alpha value is -2.08. The molecule has 2 aromatic rings. The number of hydrogen-bond acceptors (Lipinski definition) is 3. The van der Waals surface area contributed by atoms with Gasteiger partial charge in [0.15, 0.2) is 0 Å². The minimum absolute atomic E-state index is 0.109. The second-order valence-electron chi connectivity index (χ2n) is 6.31. The number of carboxylic acids is 1. The second kappa shape index (κ2) is 5.85. The maximum Gasteiger partial charge on any atom is 0.311 e. The number of aromatic amines is 1. The van der Waals surface area contributed by atoms with Gasteiger partial charge in [-0.05, 0) is 38.0 Å². The maximum atomic E-state index is 12.5. The third-order valence-corrected chi connectivity index (χ3v) is 4.61. The van der Waals surface area contributed by atoms with Gasteiger partial charge in [0.05, 0.1) is 22.9 Å². The summed E-state index contributed by atoms with van der Waals surface area (Å²) in [6, 6.07) is 5.31. The number of nitrogens with one attached hydrogen (secondary N) is 1. The second-order valence-corrected chi connectivity index (χ2v) is 6.74. The van der Waals surface area contributed by atoms with Gasteiger partial charge in [-0.3, -0.25) is 9.59 Å². The molecule has 1 aromatic heterocycles. The van der Waals surface area contributed by atoms with Crippen LogP contribution in [0.3, 0.4) is 0 Å². The molecule has 2 N–H and O–H groups in total. The van der Waals surface area contributed by atoms with Crippen LogP contribution in [0.1, 0.15) is 25.6 Å².